The van der Waals surface area contributed by atoms with Gasteiger partial charge in [0.1, 0.15) is 11.2 Å². The highest BCUT2D eigenvalue weighted by molar-refractivity contribution is 6.17. The Balaban J connectivity index is 1.05. The van der Waals surface area contributed by atoms with Gasteiger partial charge in [-0.05, 0) is 108 Å². The molecule has 0 bridgehead atoms. The fraction of sp³-hybridized carbons (Fsp3) is 0. The van der Waals surface area contributed by atoms with Crippen LogP contribution in [0.15, 0.2) is 241 Å². The third kappa shape index (κ3) is 6.04. The molecule has 2 nitrogen and oxygen atoms in total. The van der Waals surface area contributed by atoms with Gasteiger partial charge in [0, 0.05) is 27.6 Å². The molecular formula is C60H39NO. The van der Waals surface area contributed by atoms with Crippen LogP contribution in [-0.4, -0.2) is 0 Å². The van der Waals surface area contributed by atoms with Gasteiger partial charge in [0.25, 0.3) is 0 Å². The molecule has 0 aliphatic carbocycles. The maximum Gasteiger partial charge on any atom is 0.136 e. The minimum atomic E-state index is 0.875. The van der Waals surface area contributed by atoms with E-state index in [9.17, 15) is 0 Å². The van der Waals surface area contributed by atoms with Gasteiger partial charge in [-0.1, -0.05) is 194 Å². The first kappa shape index (κ1) is 35.7. The molecule has 1 heterocycles. The number of para-hydroxylation sites is 2. The highest BCUT2D eigenvalue weighted by Gasteiger charge is 2.23. The van der Waals surface area contributed by atoms with Gasteiger partial charge in [-0.3, -0.25) is 0 Å². The Kier molecular flexibility index (Phi) is 8.53. The zero-order chi connectivity index (χ0) is 41.0. The van der Waals surface area contributed by atoms with Crippen LogP contribution in [0.1, 0.15) is 0 Å². The predicted molar refractivity (Wildman–Crippen MR) is 263 cm³/mol. The van der Waals surface area contributed by atoms with Crippen LogP contribution in [-0.2, 0) is 0 Å². The second-order valence-electron chi connectivity index (χ2n) is 16.0. The van der Waals surface area contributed by atoms with Gasteiger partial charge in [0.15, 0.2) is 0 Å². The van der Waals surface area contributed by atoms with E-state index in [4.69, 9.17) is 4.42 Å². The van der Waals surface area contributed by atoms with E-state index >= 15 is 0 Å². The second kappa shape index (κ2) is 14.8. The van der Waals surface area contributed by atoms with Crippen LogP contribution in [0.3, 0.4) is 0 Å². The number of anilines is 3. The summed E-state index contributed by atoms with van der Waals surface area (Å²) in [5, 5.41) is 9.63. The first-order valence-corrected chi connectivity index (χ1v) is 21.2. The number of furan rings is 1. The van der Waals surface area contributed by atoms with Crippen molar-refractivity contribution in [3.8, 4) is 44.5 Å². The molecule has 0 atom stereocenters. The van der Waals surface area contributed by atoms with E-state index in [2.05, 4.69) is 241 Å². The minimum absolute atomic E-state index is 0.875. The molecule has 290 valence electrons. The quantitative estimate of drug-likeness (QED) is 0.150. The van der Waals surface area contributed by atoms with E-state index in [1.165, 1.54) is 54.6 Å². The van der Waals surface area contributed by atoms with Crippen LogP contribution >= 0.6 is 0 Å². The number of rotatable bonds is 7. The maximum atomic E-state index is 6.61. The molecule has 11 aromatic carbocycles. The lowest BCUT2D eigenvalue weighted by Crippen LogP contribution is -2.12. The lowest BCUT2D eigenvalue weighted by atomic mass is 9.94. The second-order valence-corrected chi connectivity index (χ2v) is 16.0. The SMILES string of the molecule is c1ccc(-c2ccc(-c3ccccc3N(c3ccc(-c4cccc5c4ccc4ccccc45)cc3)c3ccccc3-c3cccc4oc5cc6ccccc6cc5c34)cc2)cc1. The Morgan fingerprint density at radius 3 is 1.63 bits per heavy atom. The zero-order valence-corrected chi connectivity index (χ0v) is 33.9. The van der Waals surface area contributed by atoms with Gasteiger partial charge in [-0.15, -0.1) is 0 Å². The molecule has 0 amide bonds. The van der Waals surface area contributed by atoms with Gasteiger partial charge in [0.05, 0.1) is 11.4 Å². The largest absolute Gasteiger partial charge is 0.456 e. The average Bonchev–Trinajstić information content (AvgIpc) is 3.71. The van der Waals surface area contributed by atoms with Crippen LogP contribution in [0.2, 0.25) is 0 Å². The van der Waals surface area contributed by atoms with Crippen LogP contribution < -0.4 is 4.90 Å². The van der Waals surface area contributed by atoms with Crippen molar-refractivity contribution < 1.29 is 4.42 Å². The van der Waals surface area contributed by atoms with E-state index < -0.39 is 0 Å². The highest BCUT2D eigenvalue weighted by Crippen LogP contribution is 2.48. The number of nitrogens with zero attached hydrogens (tertiary/aromatic N) is 1. The van der Waals surface area contributed by atoms with Gasteiger partial charge in [-0.25, -0.2) is 0 Å². The lowest BCUT2D eigenvalue weighted by Gasteiger charge is -2.30. The van der Waals surface area contributed by atoms with Gasteiger partial charge >= 0.3 is 0 Å². The number of hydrogen-bond acceptors (Lipinski definition) is 2. The molecule has 0 saturated heterocycles. The van der Waals surface area contributed by atoms with E-state index in [0.717, 1.165) is 61.3 Å². The molecule has 0 fully saturated rings. The summed E-state index contributed by atoms with van der Waals surface area (Å²) in [6.07, 6.45) is 0. The van der Waals surface area contributed by atoms with Crippen LogP contribution in [0.25, 0.3) is 98.8 Å². The topological polar surface area (TPSA) is 16.4 Å². The first-order chi connectivity index (χ1) is 30.7. The monoisotopic (exact) mass is 789 g/mol. The summed E-state index contributed by atoms with van der Waals surface area (Å²) in [5.74, 6) is 0. The van der Waals surface area contributed by atoms with Gasteiger partial charge < -0.3 is 9.32 Å². The Bertz CT molecular complexity index is 3620. The molecule has 0 N–H and O–H groups in total. The standard InChI is InChI=1S/C60H39NO/c1-2-14-40(15-3-1)41-28-30-44(31-29-41)50-20-8-10-25-56(50)61(47-35-32-43(33-36-47)49-22-12-23-51-48-19-7-6-16-42(48)34-37-52(49)51)57-26-11-9-21-53(57)54-24-13-27-58-60(54)55-38-45-17-4-5-18-46(45)39-59(55)62-58/h1-39H. The predicted octanol–water partition coefficient (Wildman–Crippen LogP) is 17.2. The Morgan fingerprint density at radius 1 is 0.274 bits per heavy atom. The van der Waals surface area contributed by atoms with Crippen molar-refractivity contribution in [1.29, 1.82) is 0 Å². The lowest BCUT2D eigenvalue weighted by molar-refractivity contribution is 0.669. The van der Waals surface area contributed by atoms with Gasteiger partial charge in [0.2, 0.25) is 0 Å². The Hall–Kier alpha value is -8.20. The van der Waals surface area contributed by atoms with Crippen molar-refractivity contribution in [2.75, 3.05) is 4.90 Å². The molecule has 0 spiro atoms. The molecule has 62 heavy (non-hydrogen) atoms. The highest BCUT2D eigenvalue weighted by atomic mass is 16.3. The van der Waals surface area contributed by atoms with E-state index in [-0.39, 0.29) is 0 Å². The van der Waals surface area contributed by atoms with Crippen molar-refractivity contribution >= 4 is 71.3 Å². The Morgan fingerprint density at radius 2 is 0.823 bits per heavy atom. The normalized spacial score (nSPS) is 11.5. The third-order valence-corrected chi connectivity index (χ3v) is 12.5. The number of hydrogen-bond donors (Lipinski definition) is 0. The molecule has 0 aliphatic heterocycles. The molecule has 1 aromatic heterocycles. The van der Waals surface area contributed by atoms with Crippen molar-refractivity contribution in [1.82, 2.24) is 0 Å². The number of benzene rings is 11. The molecule has 0 saturated carbocycles. The third-order valence-electron chi connectivity index (χ3n) is 12.5. The summed E-state index contributed by atoms with van der Waals surface area (Å²) in [4.78, 5) is 2.44. The van der Waals surface area contributed by atoms with E-state index in [1.807, 2.05) is 0 Å². The van der Waals surface area contributed by atoms with Crippen molar-refractivity contribution in [3.05, 3.63) is 237 Å². The molecule has 0 radical (unpaired) electrons. The smallest absolute Gasteiger partial charge is 0.136 e. The first-order valence-electron chi connectivity index (χ1n) is 21.2. The molecule has 0 aliphatic rings. The molecule has 0 unspecified atom stereocenters. The average molecular weight is 790 g/mol. The van der Waals surface area contributed by atoms with Crippen molar-refractivity contribution in [2.24, 2.45) is 0 Å². The fourth-order valence-corrected chi connectivity index (χ4v) is 9.51. The molecule has 2 heteroatoms. The molecule has 12 rings (SSSR count). The summed E-state index contributed by atoms with van der Waals surface area (Å²) >= 11 is 0. The summed E-state index contributed by atoms with van der Waals surface area (Å²) < 4.78 is 6.61. The van der Waals surface area contributed by atoms with Crippen molar-refractivity contribution in [3.63, 3.8) is 0 Å². The van der Waals surface area contributed by atoms with E-state index in [0.29, 0.717) is 0 Å². The number of fused-ring (bicyclic) bond motifs is 7. The summed E-state index contributed by atoms with van der Waals surface area (Å²) in [7, 11) is 0. The van der Waals surface area contributed by atoms with Crippen LogP contribution in [0, 0.1) is 0 Å². The van der Waals surface area contributed by atoms with Crippen LogP contribution in [0.4, 0.5) is 17.1 Å². The fourth-order valence-electron chi connectivity index (χ4n) is 9.51. The van der Waals surface area contributed by atoms with Crippen molar-refractivity contribution in [2.45, 2.75) is 0 Å². The Labute approximate surface area is 360 Å². The molecular weight excluding hydrogens is 751 g/mol. The molecule has 12 aromatic rings. The van der Waals surface area contributed by atoms with Gasteiger partial charge in [-0.2, -0.15) is 0 Å². The summed E-state index contributed by atoms with van der Waals surface area (Å²) in [6, 6.07) is 85.5. The zero-order valence-electron chi connectivity index (χ0n) is 33.9. The summed E-state index contributed by atoms with van der Waals surface area (Å²) in [6.45, 7) is 0. The maximum absolute atomic E-state index is 6.61. The van der Waals surface area contributed by atoms with Crippen LogP contribution in [0.5, 0.6) is 0 Å². The van der Waals surface area contributed by atoms with E-state index in [1.54, 1.807) is 0 Å². The minimum Gasteiger partial charge on any atom is -0.456 e. The summed E-state index contributed by atoms with van der Waals surface area (Å²) in [5.41, 5.74) is 14.3.